The highest BCUT2D eigenvalue weighted by molar-refractivity contribution is 6.14. The zero-order valence-corrected chi connectivity index (χ0v) is 73.6. The predicted octanol–water partition coefficient (Wildman–Crippen LogP) is 35.5. The highest BCUT2D eigenvalue weighted by Crippen LogP contribution is 2.50. The molecule has 0 N–H and O–H groups in total. The Hall–Kier alpha value is -18.0. The van der Waals surface area contributed by atoms with Crippen LogP contribution in [0.3, 0.4) is 0 Å². The van der Waals surface area contributed by atoms with E-state index >= 15 is 0 Å². The summed E-state index contributed by atoms with van der Waals surface area (Å²) in [7, 11) is 0. The van der Waals surface area contributed by atoms with Crippen LogP contribution in [0.5, 0.6) is 0 Å². The molecule has 25 rings (SSSR count). The van der Waals surface area contributed by atoms with Crippen LogP contribution in [-0.2, 0) is 0 Å². The molecule has 3 aromatic heterocycles. The SMILES string of the molecule is [2H]c1c([2H])c([2H])c(-c2ccc(N(c3ccccc3)c3cc(-c4ccc5c(c4)c4ccccc4n5-c4ccc5ccccc5c4)cc(N(c4ccccc4)c4cccc5ccccc45)c3)cc2)c([2H])c1[2H].c1ccc(-c2ccc(-n3c4ccccc4c4cc(-c5cc(N(c6ccccc6)c6ccccc6)cc(N(c6ccccc6)c6ccc7c(c6)c6ccccc6n7-c6ccccc6)c5)ccc43)cc2)cc1. The number of hydrogen-bond donors (Lipinski definition) is 0. The van der Waals surface area contributed by atoms with Gasteiger partial charge < -0.3 is 33.3 Å². The van der Waals surface area contributed by atoms with E-state index < -0.39 is 6.04 Å². The van der Waals surface area contributed by atoms with Gasteiger partial charge in [-0.3, -0.25) is 0 Å². The van der Waals surface area contributed by atoms with Gasteiger partial charge in [-0.2, -0.15) is 0 Å². The van der Waals surface area contributed by atoms with Crippen molar-refractivity contribution in [2.75, 3.05) is 19.6 Å². The molecule has 0 aliphatic rings. The summed E-state index contributed by atoms with van der Waals surface area (Å²) in [6.07, 6.45) is 0. The van der Waals surface area contributed by atoms with Crippen LogP contribution in [0.1, 0.15) is 6.85 Å². The van der Waals surface area contributed by atoms with Crippen LogP contribution < -0.4 is 19.6 Å². The van der Waals surface area contributed by atoms with E-state index in [1.165, 1.54) is 54.5 Å². The molecule has 25 aromatic rings. The van der Waals surface area contributed by atoms with Crippen molar-refractivity contribution in [1.29, 1.82) is 0 Å². The molecule has 0 unspecified atom stereocenters. The number of rotatable bonds is 19. The van der Waals surface area contributed by atoms with Crippen molar-refractivity contribution in [3.8, 4) is 61.6 Å². The fourth-order valence-corrected chi connectivity index (χ4v) is 19.8. The topological polar surface area (TPSA) is 27.8 Å². The van der Waals surface area contributed by atoms with Crippen LogP contribution in [0.2, 0.25) is 0 Å². The summed E-state index contributed by atoms with van der Waals surface area (Å²) in [5.41, 5.74) is 29.7. The molecule has 3 heterocycles. The Morgan fingerprint density at radius 3 is 0.963 bits per heavy atom. The quantitative estimate of drug-likeness (QED) is 0.0806. The standard InChI is InChI=1S/C66H46N4.C62H43N3/c1-6-20-47(21-7-1)48-34-37-55(38-35-48)70-63-32-18-16-30-59(63)61-44-49(36-40-65(61)70)50-42-57(67(51-22-8-2-9-23-51)52-24-10-3-11-25-52)45-58(43-50)68(53-26-12-4-13-27-53)56-39-41-66-62(46-56)60-31-17-19-33-64(60)69(66)54-28-14-5-15-29-54;1-4-17-44(18-5-1)46-31-35-53(36-32-46)63(51-23-6-2-7-24-51)55-40-50(41-56(43-55)64(52-25-8-3-9-26-52)60-30-16-22-47-20-12-13-27-57(47)60)49-34-38-62-59(42-49)58-28-14-15-29-61(58)65(62)54-37-33-45-19-10-11-21-48(45)39-54/h1-46H;1-43H/i;1D,4D,5D,17D,18D. The minimum Gasteiger partial charge on any atom is -0.310 e. The van der Waals surface area contributed by atoms with Crippen LogP contribution >= 0.6 is 0 Å². The molecule has 22 aromatic carbocycles. The number of hydrogen-bond acceptors (Lipinski definition) is 4. The number of anilines is 12. The average molecular weight is 1730 g/mol. The number of para-hydroxylation sites is 9. The summed E-state index contributed by atoms with van der Waals surface area (Å²) in [5, 5.41) is 11.8. The molecule has 0 aliphatic heterocycles. The fraction of sp³-hybridized carbons (Fsp3) is 0. The van der Waals surface area contributed by atoms with Gasteiger partial charge in [-0.25, -0.2) is 0 Å². The zero-order valence-electron chi connectivity index (χ0n) is 78.6. The highest BCUT2D eigenvalue weighted by atomic mass is 15.2. The monoisotopic (exact) mass is 1730 g/mol. The van der Waals surface area contributed by atoms with Gasteiger partial charge in [0.05, 0.1) is 45.6 Å². The van der Waals surface area contributed by atoms with Crippen molar-refractivity contribution in [2.45, 2.75) is 0 Å². The minimum absolute atomic E-state index is 0.166. The van der Waals surface area contributed by atoms with Crippen molar-refractivity contribution in [3.63, 3.8) is 0 Å². The molecule has 0 aliphatic carbocycles. The molecule has 135 heavy (non-hydrogen) atoms. The van der Waals surface area contributed by atoms with E-state index in [1.807, 2.05) is 48.5 Å². The smallest absolute Gasteiger partial charge is 0.0629 e. The zero-order chi connectivity index (χ0) is 93.8. The lowest BCUT2D eigenvalue weighted by Crippen LogP contribution is -2.14. The number of benzene rings is 22. The molecule has 7 nitrogen and oxygen atoms in total. The van der Waals surface area contributed by atoms with E-state index in [4.69, 9.17) is 6.85 Å². The Bertz CT molecular complexity index is 8920. The van der Waals surface area contributed by atoms with Crippen LogP contribution in [0.25, 0.3) is 149 Å². The van der Waals surface area contributed by atoms with Gasteiger partial charge in [0, 0.05) is 117 Å². The van der Waals surface area contributed by atoms with Crippen molar-refractivity contribution in [1.82, 2.24) is 13.7 Å². The van der Waals surface area contributed by atoms with Crippen molar-refractivity contribution in [3.05, 3.63) is 540 Å². The first kappa shape index (κ1) is 74.8. The van der Waals surface area contributed by atoms with Crippen molar-refractivity contribution < 1.29 is 6.85 Å². The molecule has 0 radical (unpaired) electrons. The Labute approximate surface area is 791 Å². The van der Waals surface area contributed by atoms with Crippen LogP contribution in [0.15, 0.2) is 540 Å². The molecule has 7 heteroatoms. The van der Waals surface area contributed by atoms with Crippen LogP contribution in [0, 0.1) is 0 Å². The summed E-state index contributed by atoms with van der Waals surface area (Å²) in [4.78, 5) is 9.34. The largest absolute Gasteiger partial charge is 0.310 e. The lowest BCUT2D eigenvalue weighted by molar-refractivity contribution is 1.18. The van der Waals surface area contributed by atoms with Gasteiger partial charge in [-0.1, -0.05) is 327 Å². The van der Waals surface area contributed by atoms with Gasteiger partial charge in [-0.15, -0.1) is 0 Å². The molecular weight excluding hydrogens is 1640 g/mol. The molecule has 0 saturated carbocycles. The number of aromatic nitrogens is 3. The van der Waals surface area contributed by atoms with Gasteiger partial charge in [0.15, 0.2) is 0 Å². The predicted molar refractivity (Wildman–Crippen MR) is 571 cm³/mol. The molecule has 0 atom stereocenters. The molecule has 636 valence electrons. The maximum absolute atomic E-state index is 8.72. The maximum atomic E-state index is 8.72. The molecule has 0 bridgehead atoms. The summed E-state index contributed by atoms with van der Waals surface area (Å²) in [6, 6.07) is 180. The van der Waals surface area contributed by atoms with E-state index in [9.17, 15) is 0 Å². The Balaban J connectivity index is 0.000000152. The Kier molecular flexibility index (Phi) is 19.5. The average Bonchev–Trinajstić information content (AvgIpc) is 1.67. The summed E-state index contributed by atoms with van der Waals surface area (Å²) in [6.45, 7) is 0. The second kappa shape index (κ2) is 35.1. The minimum atomic E-state index is -0.413. The molecule has 0 saturated heterocycles. The molecule has 0 fully saturated rings. The van der Waals surface area contributed by atoms with Gasteiger partial charge >= 0.3 is 0 Å². The Morgan fingerprint density at radius 1 is 0.148 bits per heavy atom. The lowest BCUT2D eigenvalue weighted by Gasteiger charge is -2.31. The second-order valence-corrected chi connectivity index (χ2v) is 34.0. The fourth-order valence-electron chi connectivity index (χ4n) is 19.8. The highest BCUT2D eigenvalue weighted by Gasteiger charge is 2.27. The summed E-state index contributed by atoms with van der Waals surface area (Å²) in [5.74, 6) is 0. The van der Waals surface area contributed by atoms with Gasteiger partial charge in [-0.05, 0) is 273 Å². The molecule has 0 spiro atoms. The van der Waals surface area contributed by atoms with E-state index in [0.717, 1.165) is 151 Å². The molecule has 0 amide bonds. The first-order chi connectivity index (χ1) is 69.0. The van der Waals surface area contributed by atoms with Gasteiger partial charge in [0.2, 0.25) is 0 Å². The summed E-state index contributed by atoms with van der Waals surface area (Å²) >= 11 is 0. The number of fused-ring (bicyclic) bond motifs is 11. The third-order valence-electron chi connectivity index (χ3n) is 26.0. The van der Waals surface area contributed by atoms with Crippen LogP contribution in [-0.4, -0.2) is 13.7 Å². The van der Waals surface area contributed by atoms with Crippen LogP contribution in [0.4, 0.5) is 68.2 Å². The second-order valence-electron chi connectivity index (χ2n) is 34.0. The third kappa shape index (κ3) is 15.2. The lowest BCUT2D eigenvalue weighted by atomic mass is 9.99. The maximum Gasteiger partial charge on any atom is 0.0629 e. The Morgan fingerprint density at radius 2 is 0.467 bits per heavy atom. The van der Waals surface area contributed by atoms with Crippen molar-refractivity contribution in [2.24, 2.45) is 0 Å². The van der Waals surface area contributed by atoms with E-state index in [-0.39, 0.29) is 29.7 Å². The summed E-state index contributed by atoms with van der Waals surface area (Å²) < 4.78 is 49.5. The van der Waals surface area contributed by atoms with Crippen molar-refractivity contribution >= 4 is 155 Å². The van der Waals surface area contributed by atoms with E-state index in [2.05, 4.69) is 494 Å². The van der Waals surface area contributed by atoms with E-state index in [1.54, 1.807) is 0 Å². The first-order valence-electron chi connectivity index (χ1n) is 48.3. The third-order valence-corrected chi connectivity index (χ3v) is 26.0. The molecular formula is C128H89N7. The van der Waals surface area contributed by atoms with Gasteiger partial charge in [0.25, 0.3) is 0 Å². The first-order valence-corrected chi connectivity index (χ1v) is 45.8. The van der Waals surface area contributed by atoms with E-state index in [0.29, 0.717) is 5.56 Å². The normalized spacial score (nSPS) is 11.9. The van der Waals surface area contributed by atoms with Gasteiger partial charge in [0.1, 0.15) is 0 Å². The number of nitrogens with zero attached hydrogens (tertiary/aromatic N) is 7.